The molecule has 0 N–H and O–H groups in total. The minimum absolute atomic E-state index is 0.290. The average molecular weight is 334 g/mol. The molecule has 0 saturated heterocycles. The van der Waals surface area contributed by atoms with Crippen LogP contribution >= 0.6 is 39.1 Å². The van der Waals surface area contributed by atoms with E-state index in [4.69, 9.17) is 27.9 Å². The third-order valence-electron chi connectivity index (χ3n) is 2.01. The monoisotopic (exact) mass is 332 g/mol. The van der Waals surface area contributed by atoms with E-state index in [2.05, 4.69) is 25.9 Å². The van der Waals surface area contributed by atoms with Crippen LogP contribution in [0.4, 0.5) is 0 Å². The molecule has 0 bridgehead atoms. The van der Waals surface area contributed by atoms with Crippen LogP contribution in [-0.4, -0.2) is 9.97 Å². The lowest BCUT2D eigenvalue weighted by atomic mass is 10.2. The molecule has 0 aliphatic rings. The highest BCUT2D eigenvalue weighted by Gasteiger charge is 2.10. The van der Waals surface area contributed by atoms with Crippen molar-refractivity contribution in [1.29, 1.82) is 0 Å². The van der Waals surface area contributed by atoms with Gasteiger partial charge < -0.3 is 4.74 Å². The van der Waals surface area contributed by atoms with Crippen LogP contribution in [0.1, 0.15) is 5.56 Å². The Labute approximate surface area is 117 Å². The number of halogens is 3. The van der Waals surface area contributed by atoms with Gasteiger partial charge in [0.25, 0.3) is 0 Å². The standard InChI is InChI=1S/C11H7BrCl2N2O/c1-6-2-3-8(7(13)4-6)17-11-9(12)10(14)15-5-16-11/h2-5H,1H3. The highest BCUT2D eigenvalue weighted by Crippen LogP contribution is 2.34. The lowest BCUT2D eigenvalue weighted by Crippen LogP contribution is -1.92. The minimum Gasteiger partial charge on any atom is -0.436 e. The van der Waals surface area contributed by atoms with Gasteiger partial charge >= 0.3 is 0 Å². The zero-order chi connectivity index (χ0) is 12.4. The summed E-state index contributed by atoms with van der Waals surface area (Å²) in [5.74, 6) is 0.850. The van der Waals surface area contributed by atoms with E-state index in [0.717, 1.165) is 5.56 Å². The van der Waals surface area contributed by atoms with E-state index < -0.39 is 0 Å². The average Bonchev–Trinajstić information content (AvgIpc) is 2.28. The number of ether oxygens (including phenoxy) is 1. The molecule has 2 rings (SSSR count). The van der Waals surface area contributed by atoms with Gasteiger partial charge in [-0.25, -0.2) is 9.97 Å². The van der Waals surface area contributed by atoms with Crippen molar-refractivity contribution in [1.82, 2.24) is 9.97 Å². The van der Waals surface area contributed by atoms with E-state index in [1.54, 1.807) is 6.07 Å². The van der Waals surface area contributed by atoms with E-state index in [0.29, 0.717) is 26.3 Å². The fourth-order valence-corrected chi connectivity index (χ4v) is 1.88. The molecule has 0 fully saturated rings. The Kier molecular flexibility index (Phi) is 3.86. The van der Waals surface area contributed by atoms with Crippen molar-refractivity contribution < 1.29 is 4.74 Å². The third kappa shape index (κ3) is 2.89. The Balaban J connectivity index is 2.35. The van der Waals surface area contributed by atoms with Crippen LogP contribution in [0, 0.1) is 6.92 Å². The van der Waals surface area contributed by atoms with Gasteiger partial charge in [-0.3, -0.25) is 0 Å². The van der Waals surface area contributed by atoms with E-state index in [1.165, 1.54) is 6.33 Å². The maximum absolute atomic E-state index is 6.05. The Bertz CT molecular complexity index is 563. The molecule has 1 aromatic heterocycles. The highest BCUT2D eigenvalue weighted by atomic mass is 79.9. The zero-order valence-corrected chi connectivity index (χ0v) is 11.8. The second-order valence-electron chi connectivity index (χ2n) is 3.32. The molecule has 0 amide bonds. The maximum Gasteiger partial charge on any atom is 0.238 e. The first-order valence-corrected chi connectivity index (χ1v) is 6.23. The quantitative estimate of drug-likeness (QED) is 0.750. The van der Waals surface area contributed by atoms with Crippen LogP contribution in [0.25, 0.3) is 0 Å². The van der Waals surface area contributed by atoms with Crippen LogP contribution < -0.4 is 4.74 Å². The smallest absolute Gasteiger partial charge is 0.238 e. The number of hydrogen-bond acceptors (Lipinski definition) is 3. The summed E-state index contributed by atoms with van der Waals surface area (Å²) in [4.78, 5) is 7.79. The second kappa shape index (κ2) is 5.21. The van der Waals surface area contributed by atoms with E-state index in [9.17, 15) is 0 Å². The molecule has 0 unspecified atom stereocenters. The SMILES string of the molecule is Cc1ccc(Oc2ncnc(Cl)c2Br)c(Cl)c1. The van der Waals surface area contributed by atoms with E-state index >= 15 is 0 Å². The Morgan fingerprint density at radius 2 is 2.00 bits per heavy atom. The van der Waals surface area contributed by atoms with E-state index in [1.807, 2.05) is 19.1 Å². The van der Waals surface area contributed by atoms with Gasteiger partial charge in [-0.1, -0.05) is 29.3 Å². The van der Waals surface area contributed by atoms with Crippen molar-refractivity contribution >= 4 is 39.1 Å². The first-order chi connectivity index (χ1) is 8.08. The number of hydrogen-bond donors (Lipinski definition) is 0. The summed E-state index contributed by atoms with van der Waals surface area (Å²) in [5.41, 5.74) is 1.06. The largest absolute Gasteiger partial charge is 0.436 e. The second-order valence-corrected chi connectivity index (χ2v) is 4.88. The molecule has 6 heteroatoms. The molecule has 0 aliphatic heterocycles. The van der Waals surface area contributed by atoms with Gasteiger partial charge in [-0.2, -0.15) is 0 Å². The van der Waals surface area contributed by atoms with Crippen LogP contribution in [-0.2, 0) is 0 Å². The van der Waals surface area contributed by atoms with Gasteiger partial charge in [0.05, 0.1) is 5.02 Å². The first-order valence-electron chi connectivity index (χ1n) is 4.68. The van der Waals surface area contributed by atoms with Gasteiger partial charge in [0.1, 0.15) is 16.5 Å². The minimum atomic E-state index is 0.290. The van der Waals surface area contributed by atoms with Crippen molar-refractivity contribution in [3.05, 3.63) is 44.7 Å². The first kappa shape index (κ1) is 12.6. The summed E-state index contributed by atoms with van der Waals surface area (Å²) in [5, 5.41) is 0.810. The molecular weight excluding hydrogens is 327 g/mol. The van der Waals surface area contributed by atoms with Gasteiger partial charge in [0.15, 0.2) is 5.15 Å². The van der Waals surface area contributed by atoms with Gasteiger partial charge in [0, 0.05) is 0 Å². The normalized spacial score (nSPS) is 10.4. The molecule has 1 aromatic carbocycles. The molecular formula is C11H7BrCl2N2O. The summed E-state index contributed by atoms with van der Waals surface area (Å²) in [6.07, 6.45) is 1.32. The molecule has 17 heavy (non-hydrogen) atoms. The third-order valence-corrected chi connectivity index (χ3v) is 3.53. The van der Waals surface area contributed by atoms with Crippen LogP contribution in [0.2, 0.25) is 10.2 Å². The zero-order valence-electron chi connectivity index (χ0n) is 8.75. The van der Waals surface area contributed by atoms with Crippen LogP contribution in [0.15, 0.2) is 29.0 Å². The predicted octanol–water partition coefficient (Wildman–Crippen LogP) is 4.65. The topological polar surface area (TPSA) is 35.0 Å². The van der Waals surface area contributed by atoms with Crippen molar-refractivity contribution in [2.75, 3.05) is 0 Å². The molecule has 3 nitrogen and oxygen atoms in total. The molecule has 0 atom stereocenters. The highest BCUT2D eigenvalue weighted by molar-refractivity contribution is 9.10. The number of benzene rings is 1. The van der Waals surface area contributed by atoms with E-state index in [-0.39, 0.29) is 0 Å². The molecule has 88 valence electrons. The van der Waals surface area contributed by atoms with Gasteiger partial charge in [0.2, 0.25) is 5.88 Å². The Morgan fingerprint density at radius 1 is 1.24 bits per heavy atom. The van der Waals surface area contributed by atoms with Gasteiger partial charge in [-0.05, 0) is 40.5 Å². The molecule has 0 spiro atoms. The van der Waals surface area contributed by atoms with Crippen molar-refractivity contribution in [3.63, 3.8) is 0 Å². The van der Waals surface area contributed by atoms with Crippen molar-refractivity contribution in [2.24, 2.45) is 0 Å². The van der Waals surface area contributed by atoms with Crippen molar-refractivity contribution in [3.8, 4) is 11.6 Å². The fraction of sp³-hybridized carbons (Fsp3) is 0.0909. The predicted molar refractivity (Wildman–Crippen MR) is 71.0 cm³/mol. The van der Waals surface area contributed by atoms with Crippen LogP contribution in [0.3, 0.4) is 0 Å². The number of nitrogens with zero attached hydrogens (tertiary/aromatic N) is 2. The number of aryl methyl sites for hydroxylation is 1. The summed E-state index contributed by atoms with van der Waals surface area (Å²) < 4.78 is 6.06. The lowest BCUT2D eigenvalue weighted by Gasteiger charge is -2.08. The molecule has 2 aromatic rings. The summed E-state index contributed by atoms with van der Waals surface area (Å²) in [6.45, 7) is 1.95. The molecule has 0 radical (unpaired) electrons. The molecule has 0 saturated carbocycles. The summed E-state index contributed by atoms with van der Waals surface area (Å²) >= 11 is 15.1. The molecule has 1 heterocycles. The fourth-order valence-electron chi connectivity index (χ4n) is 1.20. The number of rotatable bonds is 2. The Hall–Kier alpha value is -0.840. The van der Waals surface area contributed by atoms with Gasteiger partial charge in [-0.15, -0.1) is 0 Å². The lowest BCUT2D eigenvalue weighted by molar-refractivity contribution is 0.458. The Morgan fingerprint density at radius 3 is 2.71 bits per heavy atom. The maximum atomic E-state index is 6.05. The molecule has 0 aliphatic carbocycles. The number of aromatic nitrogens is 2. The van der Waals surface area contributed by atoms with Crippen molar-refractivity contribution in [2.45, 2.75) is 6.92 Å². The summed E-state index contributed by atoms with van der Waals surface area (Å²) in [7, 11) is 0. The van der Waals surface area contributed by atoms with Crippen LogP contribution in [0.5, 0.6) is 11.6 Å². The summed E-state index contributed by atoms with van der Waals surface area (Å²) in [6, 6.07) is 5.49.